The van der Waals surface area contributed by atoms with Crippen molar-refractivity contribution in [3.8, 4) is 11.3 Å². The Hall–Kier alpha value is -3.34. The lowest BCUT2D eigenvalue weighted by Gasteiger charge is -2.06. The molecule has 118 valence electrons. The standard InChI is InChI=1S/C19H16N4O/c1-14-21-11-9-18(22-14)16-5-2-6-17(12-16)23-19(24)8-7-15-4-3-10-20-13-15/h2-13H,1H3,(H,23,24). The van der Waals surface area contributed by atoms with Crippen molar-refractivity contribution in [2.24, 2.45) is 0 Å². The SMILES string of the molecule is Cc1nccc(-c2cccc(NC(=O)C=Cc3cccnc3)c2)n1. The first-order valence-electron chi connectivity index (χ1n) is 7.50. The number of rotatable bonds is 4. The van der Waals surface area contributed by atoms with E-state index in [0.717, 1.165) is 16.8 Å². The number of anilines is 1. The number of aryl methyl sites for hydroxylation is 1. The zero-order chi connectivity index (χ0) is 16.8. The van der Waals surface area contributed by atoms with Crippen molar-refractivity contribution >= 4 is 17.7 Å². The number of carbonyl (C=O) groups is 1. The molecule has 1 amide bonds. The minimum Gasteiger partial charge on any atom is -0.322 e. The second-order valence-corrected chi connectivity index (χ2v) is 5.18. The van der Waals surface area contributed by atoms with Crippen molar-refractivity contribution in [2.75, 3.05) is 5.32 Å². The summed E-state index contributed by atoms with van der Waals surface area (Å²) >= 11 is 0. The molecule has 0 aliphatic rings. The lowest BCUT2D eigenvalue weighted by Crippen LogP contribution is -2.07. The van der Waals surface area contributed by atoms with Gasteiger partial charge in [0.1, 0.15) is 5.82 Å². The Bertz CT molecular complexity index is 875. The first-order chi connectivity index (χ1) is 11.7. The molecule has 3 aromatic rings. The molecule has 0 saturated heterocycles. The fraction of sp³-hybridized carbons (Fsp3) is 0.0526. The summed E-state index contributed by atoms with van der Waals surface area (Å²) < 4.78 is 0. The van der Waals surface area contributed by atoms with Crippen LogP contribution in [0, 0.1) is 6.92 Å². The van der Waals surface area contributed by atoms with E-state index < -0.39 is 0 Å². The number of nitrogens with zero attached hydrogens (tertiary/aromatic N) is 3. The van der Waals surface area contributed by atoms with Gasteiger partial charge in [0, 0.05) is 35.9 Å². The monoisotopic (exact) mass is 316 g/mol. The molecule has 1 aromatic carbocycles. The minimum absolute atomic E-state index is 0.199. The predicted octanol–water partition coefficient (Wildman–Crippen LogP) is 3.50. The number of amides is 1. The second-order valence-electron chi connectivity index (χ2n) is 5.18. The number of nitrogens with one attached hydrogen (secondary N) is 1. The number of aromatic nitrogens is 3. The van der Waals surface area contributed by atoms with Gasteiger partial charge in [-0.2, -0.15) is 0 Å². The molecular formula is C19H16N4O. The highest BCUT2D eigenvalue weighted by Crippen LogP contribution is 2.20. The van der Waals surface area contributed by atoms with Gasteiger partial charge < -0.3 is 5.32 Å². The summed E-state index contributed by atoms with van der Waals surface area (Å²) in [6, 6.07) is 13.1. The summed E-state index contributed by atoms with van der Waals surface area (Å²) in [6.45, 7) is 1.85. The second kappa shape index (κ2) is 7.28. The van der Waals surface area contributed by atoms with Crippen LogP contribution in [0.5, 0.6) is 0 Å². The van der Waals surface area contributed by atoms with E-state index in [0.29, 0.717) is 11.5 Å². The summed E-state index contributed by atoms with van der Waals surface area (Å²) in [6.07, 6.45) is 8.32. The normalized spacial score (nSPS) is 10.7. The van der Waals surface area contributed by atoms with E-state index in [1.807, 2.05) is 49.4 Å². The quantitative estimate of drug-likeness (QED) is 0.748. The van der Waals surface area contributed by atoms with E-state index in [-0.39, 0.29) is 5.91 Å². The van der Waals surface area contributed by atoms with Crippen molar-refractivity contribution in [1.82, 2.24) is 15.0 Å². The van der Waals surface area contributed by atoms with Gasteiger partial charge in [-0.1, -0.05) is 18.2 Å². The van der Waals surface area contributed by atoms with Crippen molar-refractivity contribution in [2.45, 2.75) is 6.92 Å². The van der Waals surface area contributed by atoms with Crippen LogP contribution in [-0.2, 0) is 4.79 Å². The molecule has 0 spiro atoms. The fourth-order valence-electron chi connectivity index (χ4n) is 2.20. The molecule has 0 saturated carbocycles. The van der Waals surface area contributed by atoms with Crippen LogP contribution in [0.25, 0.3) is 17.3 Å². The third-order valence-corrected chi connectivity index (χ3v) is 3.31. The maximum absolute atomic E-state index is 12.0. The third kappa shape index (κ3) is 4.10. The van der Waals surface area contributed by atoms with Gasteiger partial charge in [-0.3, -0.25) is 9.78 Å². The number of hydrogen-bond donors (Lipinski definition) is 1. The van der Waals surface area contributed by atoms with Gasteiger partial charge in [0.15, 0.2) is 0 Å². The highest BCUT2D eigenvalue weighted by molar-refractivity contribution is 6.02. The average molecular weight is 316 g/mol. The molecular weight excluding hydrogens is 300 g/mol. The molecule has 1 N–H and O–H groups in total. The zero-order valence-corrected chi connectivity index (χ0v) is 13.2. The smallest absolute Gasteiger partial charge is 0.248 e. The summed E-state index contributed by atoms with van der Waals surface area (Å²) in [4.78, 5) is 24.5. The van der Waals surface area contributed by atoms with Gasteiger partial charge in [-0.25, -0.2) is 9.97 Å². The maximum atomic E-state index is 12.0. The molecule has 3 rings (SSSR count). The van der Waals surface area contributed by atoms with E-state index >= 15 is 0 Å². The Morgan fingerprint density at radius 3 is 2.83 bits per heavy atom. The molecule has 0 aliphatic heterocycles. The summed E-state index contributed by atoms with van der Waals surface area (Å²) in [7, 11) is 0. The van der Waals surface area contributed by atoms with E-state index in [1.54, 1.807) is 24.7 Å². The molecule has 2 heterocycles. The summed E-state index contributed by atoms with van der Waals surface area (Å²) in [5.74, 6) is 0.510. The van der Waals surface area contributed by atoms with Gasteiger partial charge in [0.25, 0.3) is 0 Å². The van der Waals surface area contributed by atoms with Gasteiger partial charge in [-0.05, 0) is 42.8 Å². The van der Waals surface area contributed by atoms with Crippen molar-refractivity contribution in [3.63, 3.8) is 0 Å². The van der Waals surface area contributed by atoms with Crippen LogP contribution >= 0.6 is 0 Å². The Labute approximate surface area is 140 Å². The van der Waals surface area contributed by atoms with Crippen LogP contribution in [0.1, 0.15) is 11.4 Å². The molecule has 0 atom stereocenters. The summed E-state index contributed by atoms with van der Waals surface area (Å²) in [5.41, 5.74) is 3.33. The van der Waals surface area contributed by atoms with Crippen molar-refractivity contribution < 1.29 is 4.79 Å². The van der Waals surface area contributed by atoms with Gasteiger partial charge in [0.2, 0.25) is 5.91 Å². The highest BCUT2D eigenvalue weighted by atomic mass is 16.1. The average Bonchev–Trinajstić information content (AvgIpc) is 2.61. The molecule has 0 aliphatic carbocycles. The van der Waals surface area contributed by atoms with Crippen molar-refractivity contribution in [1.29, 1.82) is 0 Å². The Morgan fingerprint density at radius 1 is 1.12 bits per heavy atom. The van der Waals surface area contributed by atoms with Gasteiger partial charge in [0.05, 0.1) is 5.69 Å². The van der Waals surface area contributed by atoms with Crippen LogP contribution in [0.3, 0.4) is 0 Å². The summed E-state index contributed by atoms with van der Waals surface area (Å²) in [5, 5.41) is 2.85. The Morgan fingerprint density at radius 2 is 2.04 bits per heavy atom. The molecule has 0 radical (unpaired) electrons. The van der Waals surface area contributed by atoms with Crippen LogP contribution in [-0.4, -0.2) is 20.9 Å². The lowest BCUT2D eigenvalue weighted by molar-refractivity contribution is -0.111. The van der Waals surface area contributed by atoms with Gasteiger partial charge >= 0.3 is 0 Å². The van der Waals surface area contributed by atoms with E-state index in [1.165, 1.54) is 6.08 Å². The third-order valence-electron chi connectivity index (χ3n) is 3.31. The Balaban J connectivity index is 1.73. The van der Waals surface area contributed by atoms with Crippen LogP contribution in [0.2, 0.25) is 0 Å². The number of hydrogen-bond acceptors (Lipinski definition) is 4. The number of carbonyl (C=O) groups excluding carboxylic acids is 1. The molecule has 0 unspecified atom stereocenters. The Kier molecular flexibility index (Phi) is 4.72. The molecule has 24 heavy (non-hydrogen) atoms. The van der Waals surface area contributed by atoms with E-state index in [2.05, 4.69) is 20.3 Å². The van der Waals surface area contributed by atoms with Crippen molar-refractivity contribution in [3.05, 3.63) is 78.5 Å². The van der Waals surface area contributed by atoms with Gasteiger partial charge in [-0.15, -0.1) is 0 Å². The topological polar surface area (TPSA) is 67.8 Å². The molecule has 5 heteroatoms. The fourth-order valence-corrected chi connectivity index (χ4v) is 2.20. The maximum Gasteiger partial charge on any atom is 0.248 e. The largest absolute Gasteiger partial charge is 0.322 e. The molecule has 5 nitrogen and oxygen atoms in total. The molecule has 0 bridgehead atoms. The minimum atomic E-state index is -0.199. The molecule has 0 fully saturated rings. The first kappa shape index (κ1) is 15.6. The van der Waals surface area contributed by atoms with Crippen LogP contribution in [0.15, 0.2) is 67.1 Å². The highest BCUT2D eigenvalue weighted by Gasteiger charge is 2.03. The number of pyridine rings is 1. The lowest BCUT2D eigenvalue weighted by atomic mass is 10.1. The van der Waals surface area contributed by atoms with E-state index in [4.69, 9.17) is 0 Å². The predicted molar refractivity (Wildman–Crippen MR) is 94.1 cm³/mol. The zero-order valence-electron chi connectivity index (χ0n) is 13.2. The first-order valence-corrected chi connectivity index (χ1v) is 7.50. The molecule has 2 aromatic heterocycles. The number of benzene rings is 1. The van der Waals surface area contributed by atoms with Crippen LogP contribution < -0.4 is 5.32 Å². The van der Waals surface area contributed by atoms with Crippen LogP contribution in [0.4, 0.5) is 5.69 Å². The van der Waals surface area contributed by atoms with E-state index in [9.17, 15) is 4.79 Å².